The summed E-state index contributed by atoms with van der Waals surface area (Å²) in [6, 6.07) is -0.0962. The van der Waals surface area contributed by atoms with Crippen molar-refractivity contribution < 1.29 is 9.59 Å². The van der Waals surface area contributed by atoms with E-state index in [4.69, 9.17) is 0 Å². The van der Waals surface area contributed by atoms with Crippen molar-refractivity contribution in [2.24, 2.45) is 5.92 Å². The number of carbonyl (C=O) groups is 2. The highest BCUT2D eigenvalue weighted by Crippen LogP contribution is 2.39. The summed E-state index contributed by atoms with van der Waals surface area (Å²) in [7, 11) is 0. The lowest BCUT2D eigenvalue weighted by molar-refractivity contribution is -0.132. The van der Waals surface area contributed by atoms with Gasteiger partial charge in [-0.15, -0.1) is 11.8 Å². The smallest absolute Gasteiger partial charge is 0.238 e. The first kappa shape index (κ1) is 18.6. The number of piperidine rings is 1. The average molecular weight is 342 g/mol. The Hall–Kier alpha value is -0.750. The van der Waals surface area contributed by atoms with Crippen LogP contribution in [0.3, 0.4) is 0 Å². The van der Waals surface area contributed by atoms with Crippen molar-refractivity contribution in [2.75, 3.05) is 25.4 Å². The van der Waals surface area contributed by atoms with Crippen LogP contribution in [0.1, 0.15) is 52.9 Å². The van der Waals surface area contributed by atoms with Crippen molar-refractivity contribution in [1.29, 1.82) is 0 Å². The maximum absolute atomic E-state index is 12.2. The summed E-state index contributed by atoms with van der Waals surface area (Å²) in [5.41, 5.74) is 0. The van der Waals surface area contributed by atoms with E-state index in [9.17, 15) is 9.59 Å². The van der Waals surface area contributed by atoms with E-state index in [0.717, 1.165) is 51.1 Å². The minimum absolute atomic E-state index is 0.0125. The van der Waals surface area contributed by atoms with Crippen LogP contribution < -0.4 is 10.6 Å². The third-order valence-corrected chi connectivity index (χ3v) is 6.21. The zero-order valence-corrected chi connectivity index (χ0v) is 15.5. The van der Waals surface area contributed by atoms with E-state index in [1.165, 1.54) is 0 Å². The normalized spacial score (nSPS) is 23.5. The highest BCUT2D eigenvalue weighted by Gasteiger charge is 2.44. The third-order valence-electron chi connectivity index (χ3n) is 4.63. The van der Waals surface area contributed by atoms with Gasteiger partial charge in [-0.05, 0) is 25.2 Å². The van der Waals surface area contributed by atoms with Gasteiger partial charge in [0.2, 0.25) is 11.8 Å². The number of nitrogens with zero attached hydrogens (tertiary/aromatic N) is 1. The Morgan fingerprint density at radius 1 is 1.35 bits per heavy atom. The molecule has 2 aliphatic heterocycles. The molecule has 6 heteroatoms. The predicted octanol–water partition coefficient (Wildman–Crippen LogP) is 1.97. The quantitative estimate of drug-likeness (QED) is 0.775. The molecule has 2 aliphatic rings. The van der Waals surface area contributed by atoms with Crippen LogP contribution in [0.15, 0.2) is 0 Å². The number of thioether (sulfide) groups is 1. The first-order chi connectivity index (χ1) is 11.0. The third kappa shape index (κ3) is 5.11. The molecule has 1 atom stereocenters. The van der Waals surface area contributed by atoms with Crippen LogP contribution in [-0.4, -0.2) is 53.0 Å². The number of carbonyl (C=O) groups excluding carboxylic acids is 2. The first-order valence-electron chi connectivity index (χ1n) is 8.93. The molecule has 1 unspecified atom stereocenters. The fourth-order valence-electron chi connectivity index (χ4n) is 3.10. The average Bonchev–Trinajstić information content (AvgIpc) is 2.95. The molecular formula is C17H31N3O2S. The van der Waals surface area contributed by atoms with Gasteiger partial charge in [-0.25, -0.2) is 0 Å². The lowest BCUT2D eigenvalue weighted by atomic mass is 10.0. The number of nitrogens with one attached hydrogen (secondary N) is 2. The van der Waals surface area contributed by atoms with E-state index in [2.05, 4.69) is 31.4 Å². The van der Waals surface area contributed by atoms with Crippen LogP contribution in [0.2, 0.25) is 0 Å². The monoisotopic (exact) mass is 341 g/mol. The van der Waals surface area contributed by atoms with Crippen LogP contribution in [0.5, 0.6) is 0 Å². The van der Waals surface area contributed by atoms with Gasteiger partial charge in [0, 0.05) is 31.8 Å². The van der Waals surface area contributed by atoms with Gasteiger partial charge in [0.1, 0.15) is 0 Å². The summed E-state index contributed by atoms with van der Waals surface area (Å²) >= 11 is 1.86. The maximum Gasteiger partial charge on any atom is 0.238 e. The Bertz CT molecular complexity index is 420. The van der Waals surface area contributed by atoms with Crippen LogP contribution in [0, 0.1) is 5.92 Å². The van der Waals surface area contributed by atoms with Gasteiger partial charge >= 0.3 is 0 Å². The van der Waals surface area contributed by atoms with Gasteiger partial charge in [-0.3, -0.25) is 14.9 Å². The molecule has 0 saturated carbocycles. The fraction of sp³-hybridized carbons (Fsp3) is 0.882. The van der Waals surface area contributed by atoms with Crippen molar-refractivity contribution in [1.82, 2.24) is 15.5 Å². The molecule has 0 aromatic rings. The molecule has 0 aliphatic carbocycles. The van der Waals surface area contributed by atoms with Crippen LogP contribution >= 0.6 is 11.8 Å². The Morgan fingerprint density at radius 3 is 2.65 bits per heavy atom. The molecule has 2 saturated heterocycles. The molecule has 0 bridgehead atoms. The van der Waals surface area contributed by atoms with E-state index >= 15 is 0 Å². The topological polar surface area (TPSA) is 61.4 Å². The molecule has 23 heavy (non-hydrogen) atoms. The Morgan fingerprint density at radius 2 is 2.04 bits per heavy atom. The van der Waals surface area contributed by atoms with Gasteiger partial charge in [0.15, 0.2) is 0 Å². The summed E-state index contributed by atoms with van der Waals surface area (Å²) < 4.78 is 0. The molecule has 2 amide bonds. The zero-order valence-electron chi connectivity index (χ0n) is 14.7. The minimum atomic E-state index is -0.0962. The standard InChI is InChI=1S/C17H31N3O2S/c1-4-5-6-15(21)20-9-7-17(8-10-20)19-14(12-23-17)16(22)18-11-13(2)3/h13-14,19H,4-12H2,1-3H3,(H,18,22). The first-order valence-corrected chi connectivity index (χ1v) is 9.91. The van der Waals surface area contributed by atoms with E-state index in [1.807, 2.05) is 16.7 Å². The van der Waals surface area contributed by atoms with E-state index < -0.39 is 0 Å². The summed E-state index contributed by atoms with van der Waals surface area (Å²) in [5, 5.41) is 6.56. The Labute approximate surface area is 144 Å². The lowest BCUT2D eigenvalue weighted by Gasteiger charge is -2.39. The van der Waals surface area contributed by atoms with Gasteiger partial charge in [0.05, 0.1) is 10.9 Å². The van der Waals surface area contributed by atoms with Gasteiger partial charge in [-0.1, -0.05) is 27.2 Å². The van der Waals surface area contributed by atoms with E-state index in [-0.39, 0.29) is 22.7 Å². The maximum atomic E-state index is 12.2. The second-order valence-electron chi connectivity index (χ2n) is 7.13. The van der Waals surface area contributed by atoms with Gasteiger partial charge in [0.25, 0.3) is 0 Å². The van der Waals surface area contributed by atoms with Crippen molar-refractivity contribution in [3.05, 3.63) is 0 Å². The highest BCUT2D eigenvalue weighted by atomic mass is 32.2. The molecule has 2 rings (SSSR count). The summed E-state index contributed by atoms with van der Waals surface area (Å²) in [4.78, 5) is 26.3. The Kier molecular flexibility index (Phi) is 6.77. The molecule has 0 aromatic carbocycles. The van der Waals surface area contributed by atoms with Crippen molar-refractivity contribution in [3.63, 3.8) is 0 Å². The number of unbranched alkanes of at least 4 members (excludes halogenated alkanes) is 1. The highest BCUT2D eigenvalue weighted by molar-refractivity contribution is 8.01. The number of likely N-dealkylation sites (tertiary alicyclic amines) is 1. The lowest BCUT2D eigenvalue weighted by Crippen LogP contribution is -2.54. The zero-order chi connectivity index (χ0) is 16.9. The van der Waals surface area contributed by atoms with Gasteiger partial charge in [-0.2, -0.15) is 0 Å². The van der Waals surface area contributed by atoms with Crippen LogP contribution in [0.4, 0.5) is 0 Å². The van der Waals surface area contributed by atoms with E-state index in [1.54, 1.807) is 0 Å². The Balaban J connectivity index is 1.78. The van der Waals surface area contributed by atoms with Crippen molar-refractivity contribution in [3.8, 4) is 0 Å². The fourth-order valence-corrected chi connectivity index (χ4v) is 4.52. The van der Waals surface area contributed by atoms with E-state index in [0.29, 0.717) is 12.3 Å². The van der Waals surface area contributed by atoms with Crippen molar-refractivity contribution in [2.45, 2.75) is 63.8 Å². The molecule has 2 heterocycles. The summed E-state index contributed by atoms with van der Waals surface area (Å²) in [6.45, 7) is 8.66. The second-order valence-corrected chi connectivity index (χ2v) is 8.53. The van der Waals surface area contributed by atoms with Gasteiger partial charge < -0.3 is 10.2 Å². The molecule has 5 nitrogen and oxygen atoms in total. The molecule has 1 spiro atoms. The SMILES string of the molecule is CCCCC(=O)N1CCC2(CC1)NC(C(=O)NCC(C)C)CS2. The molecular weight excluding hydrogens is 310 g/mol. The predicted molar refractivity (Wildman–Crippen MR) is 95.3 cm³/mol. The molecule has 132 valence electrons. The largest absolute Gasteiger partial charge is 0.354 e. The second kappa shape index (κ2) is 8.38. The summed E-state index contributed by atoms with van der Waals surface area (Å²) in [5.74, 6) is 1.70. The molecule has 0 radical (unpaired) electrons. The number of hydrogen-bond donors (Lipinski definition) is 2. The molecule has 2 N–H and O–H groups in total. The molecule has 2 fully saturated rings. The number of rotatable bonds is 6. The number of hydrogen-bond acceptors (Lipinski definition) is 4. The summed E-state index contributed by atoms with van der Waals surface area (Å²) in [6.07, 6.45) is 4.58. The van der Waals surface area contributed by atoms with Crippen LogP contribution in [-0.2, 0) is 9.59 Å². The van der Waals surface area contributed by atoms with Crippen molar-refractivity contribution >= 4 is 23.6 Å². The number of amides is 2. The van der Waals surface area contributed by atoms with Crippen LogP contribution in [0.25, 0.3) is 0 Å². The molecule has 0 aromatic heterocycles. The minimum Gasteiger partial charge on any atom is -0.354 e.